The molecule has 92 valence electrons. The van der Waals surface area contributed by atoms with Gasteiger partial charge in [0.25, 0.3) is 0 Å². The summed E-state index contributed by atoms with van der Waals surface area (Å²) in [5.74, 6) is 0.866. The van der Waals surface area contributed by atoms with Gasteiger partial charge in [-0.25, -0.2) is 0 Å². The van der Waals surface area contributed by atoms with Crippen LogP contribution < -0.4 is 15.9 Å². The second-order valence-corrected chi connectivity index (χ2v) is 3.99. The summed E-state index contributed by atoms with van der Waals surface area (Å²) >= 11 is 4.67. The zero-order valence-electron chi connectivity index (χ0n) is 10.1. The molecule has 0 aliphatic rings. The molecule has 0 amide bonds. The van der Waals surface area contributed by atoms with Gasteiger partial charge >= 0.3 is 0 Å². The minimum absolute atomic E-state index is 0.159. The summed E-state index contributed by atoms with van der Waals surface area (Å²) in [5.41, 5.74) is 9.67. The Morgan fingerprint density at radius 2 is 2.06 bits per heavy atom. The highest BCUT2D eigenvalue weighted by Crippen LogP contribution is 2.12. The standard InChI is InChI=1S/C12H17N3OS/c1-3-8-16-11-6-4-10(5-7-11)9(2)14-15-12(13)17/h4-7H,3,8H2,1-2H3,(H3,13,15,17). The topological polar surface area (TPSA) is 59.6 Å². The van der Waals surface area contributed by atoms with E-state index < -0.39 is 0 Å². The molecule has 0 heterocycles. The molecule has 0 aliphatic heterocycles. The summed E-state index contributed by atoms with van der Waals surface area (Å²) in [5, 5.41) is 4.20. The minimum Gasteiger partial charge on any atom is -0.494 e. The van der Waals surface area contributed by atoms with Crippen LogP contribution in [0.5, 0.6) is 5.75 Å². The van der Waals surface area contributed by atoms with Gasteiger partial charge in [0.05, 0.1) is 12.3 Å². The van der Waals surface area contributed by atoms with Gasteiger partial charge in [-0.05, 0) is 55.4 Å². The lowest BCUT2D eigenvalue weighted by atomic mass is 10.1. The first kappa shape index (κ1) is 13.4. The van der Waals surface area contributed by atoms with Gasteiger partial charge in [-0.2, -0.15) is 5.10 Å². The Hall–Kier alpha value is -1.62. The van der Waals surface area contributed by atoms with Crippen LogP contribution in [0.2, 0.25) is 0 Å². The van der Waals surface area contributed by atoms with E-state index in [1.807, 2.05) is 31.2 Å². The van der Waals surface area contributed by atoms with Crippen molar-refractivity contribution in [3.05, 3.63) is 29.8 Å². The molecule has 0 aromatic heterocycles. The number of benzene rings is 1. The van der Waals surface area contributed by atoms with Crippen molar-refractivity contribution in [1.82, 2.24) is 5.43 Å². The monoisotopic (exact) mass is 251 g/mol. The van der Waals surface area contributed by atoms with E-state index in [-0.39, 0.29) is 5.11 Å². The Bertz CT molecular complexity index is 401. The number of hydrogen-bond acceptors (Lipinski definition) is 3. The third kappa shape index (κ3) is 4.82. The van der Waals surface area contributed by atoms with Gasteiger partial charge in [-0.15, -0.1) is 0 Å². The summed E-state index contributed by atoms with van der Waals surface area (Å²) in [6, 6.07) is 7.74. The fourth-order valence-corrected chi connectivity index (χ4v) is 1.26. The zero-order valence-corrected chi connectivity index (χ0v) is 10.9. The molecule has 0 unspecified atom stereocenters. The largest absolute Gasteiger partial charge is 0.494 e. The van der Waals surface area contributed by atoms with Gasteiger partial charge in [-0.1, -0.05) is 6.92 Å². The second kappa shape index (κ2) is 6.85. The number of hydrazone groups is 1. The van der Waals surface area contributed by atoms with Gasteiger partial charge in [0.15, 0.2) is 5.11 Å². The predicted octanol–water partition coefficient (Wildman–Crippen LogP) is 2.03. The van der Waals surface area contributed by atoms with Crippen LogP contribution in [0.15, 0.2) is 29.4 Å². The Balaban J connectivity index is 2.66. The molecule has 5 heteroatoms. The average molecular weight is 251 g/mol. The van der Waals surface area contributed by atoms with Crippen LogP contribution in [0, 0.1) is 0 Å². The number of hydrogen-bond donors (Lipinski definition) is 2. The van der Waals surface area contributed by atoms with Gasteiger partial charge in [-0.3, -0.25) is 5.43 Å². The van der Waals surface area contributed by atoms with Gasteiger partial charge in [0.1, 0.15) is 5.75 Å². The van der Waals surface area contributed by atoms with Crippen LogP contribution in [0.25, 0.3) is 0 Å². The molecule has 1 aromatic carbocycles. The molecule has 0 radical (unpaired) electrons. The Morgan fingerprint density at radius 3 is 2.59 bits per heavy atom. The van der Waals surface area contributed by atoms with Crippen LogP contribution in [0.3, 0.4) is 0 Å². The van der Waals surface area contributed by atoms with Crippen LogP contribution in [0.1, 0.15) is 25.8 Å². The van der Waals surface area contributed by atoms with Crippen LogP contribution in [0.4, 0.5) is 0 Å². The first-order valence-corrected chi connectivity index (χ1v) is 5.87. The second-order valence-electron chi connectivity index (χ2n) is 3.55. The van der Waals surface area contributed by atoms with Crippen LogP contribution >= 0.6 is 12.2 Å². The van der Waals surface area contributed by atoms with Crippen molar-refractivity contribution in [1.29, 1.82) is 0 Å². The van der Waals surface area contributed by atoms with Crippen molar-refractivity contribution in [3.8, 4) is 5.75 Å². The minimum atomic E-state index is 0.159. The van der Waals surface area contributed by atoms with Gasteiger partial charge < -0.3 is 10.5 Å². The molecule has 1 rings (SSSR count). The fourth-order valence-electron chi connectivity index (χ4n) is 1.22. The molecule has 3 N–H and O–H groups in total. The third-order valence-electron chi connectivity index (χ3n) is 2.08. The lowest BCUT2D eigenvalue weighted by Gasteiger charge is -2.06. The lowest BCUT2D eigenvalue weighted by molar-refractivity contribution is 0.317. The molecule has 4 nitrogen and oxygen atoms in total. The number of ether oxygens (including phenoxy) is 1. The number of nitrogens with two attached hydrogens (primary N) is 1. The molecular weight excluding hydrogens is 234 g/mol. The molecule has 17 heavy (non-hydrogen) atoms. The van der Waals surface area contributed by atoms with E-state index in [9.17, 15) is 0 Å². The van der Waals surface area contributed by atoms with Crippen molar-refractivity contribution in [2.75, 3.05) is 6.61 Å². The third-order valence-corrected chi connectivity index (χ3v) is 2.17. The average Bonchev–Trinajstić information content (AvgIpc) is 2.34. The fraction of sp³-hybridized carbons (Fsp3) is 0.333. The highest BCUT2D eigenvalue weighted by atomic mass is 32.1. The van der Waals surface area contributed by atoms with Crippen LogP contribution in [-0.2, 0) is 0 Å². The maximum atomic E-state index is 5.49. The summed E-state index contributed by atoms with van der Waals surface area (Å²) < 4.78 is 5.49. The van der Waals surface area contributed by atoms with Crippen molar-refractivity contribution in [3.63, 3.8) is 0 Å². The molecule has 0 spiro atoms. The summed E-state index contributed by atoms with van der Waals surface area (Å²) in [7, 11) is 0. The Kier molecular flexibility index (Phi) is 5.42. The smallest absolute Gasteiger partial charge is 0.184 e. The molecule has 0 fully saturated rings. The molecule has 1 aromatic rings. The summed E-state index contributed by atoms with van der Waals surface area (Å²) in [4.78, 5) is 0. The van der Waals surface area contributed by atoms with Crippen molar-refractivity contribution < 1.29 is 4.74 Å². The Morgan fingerprint density at radius 1 is 1.41 bits per heavy atom. The lowest BCUT2D eigenvalue weighted by Crippen LogP contribution is -2.25. The highest BCUT2D eigenvalue weighted by molar-refractivity contribution is 7.80. The molecule has 0 bridgehead atoms. The maximum Gasteiger partial charge on any atom is 0.184 e. The molecule has 0 saturated carbocycles. The zero-order chi connectivity index (χ0) is 12.7. The van der Waals surface area contributed by atoms with E-state index in [0.717, 1.165) is 30.1 Å². The van der Waals surface area contributed by atoms with Gasteiger partial charge in [0.2, 0.25) is 0 Å². The summed E-state index contributed by atoms with van der Waals surface area (Å²) in [6.07, 6.45) is 1.00. The number of nitrogens with one attached hydrogen (secondary N) is 1. The van der Waals surface area contributed by atoms with E-state index >= 15 is 0 Å². The predicted molar refractivity (Wildman–Crippen MR) is 74.4 cm³/mol. The SMILES string of the molecule is CCCOc1ccc(C(C)=NNC(N)=S)cc1. The quantitative estimate of drug-likeness (QED) is 0.477. The number of rotatable bonds is 5. The number of nitrogens with zero attached hydrogens (tertiary/aromatic N) is 1. The van der Waals surface area contributed by atoms with Gasteiger partial charge in [0, 0.05) is 0 Å². The first-order valence-electron chi connectivity index (χ1n) is 5.46. The van der Waals surface area contributed by atoms with Crippen molar-refractivity contribution >= 4 is 23.0 Å². The van der Waals surface area contributed by atoms with Crippen molar-refractivity contribution in [2.45, 2.75) is 20.3 Å². The summed E-state index contributed by atoms with van der Waals surface area (Å²) in [6.45, 7) is 4.69. The number of thiocarbonyl (C=S) groups is 1. The van der Waals surface area contributed by atoms with Crippen LogP contribution in [-0.4, -0.2) is 17.4 Å². The van der Waals surface area contributed by atoms with E-state index in [1.54, 1.807) is 0 Å². The van der Waals surface area contributed by atoms with E-state index in [4.69, 9.17) is 10.5 Å². The molecule has 0 atom stereocenters. The van der Waals surface area contributed by atoms with E-state index in [1.165, 1.54) is 0 Å². The molecule has 0 aliphatic carbocycles. The highest BCUT2D eigenvalue weighted by Gasteiger charge is 1.98. The van der Waals surface area contributed by atoms with E-state index in [0.29, 0.717) is 0 Å². The maximum absolute atomic E-state index is 5.49. The first-order chi connectivity index (χ1) is 8.13. The molecular formula is C12H17N3OS. The van der Waals surface area contributed by atoms with E-state index in [2.05, 4.69) is 29.7 Å². The molecule has 0 saturated heterocycles. The normalized spacial score (nSPS) is 11.1. The van der Waals surface area contributed by atoms with Crippen molar-refractivity contribution in [2.24, 2.45) is 10.8 Å². The Labute approximate surface area is 107 Å².